The smallest absolute Gasteiger partial charge is 0.271 e. The fraction of sp³-hybridized carbons (Fsp3) is 0.381. The molecule has 0 aliphatic carbocycles. The lowest BCUT2D eigenvalue weighted by Crippen LogP contribution is -2.31. The molecule has 0 aliphatic heterocycles. The quantitative estimate of drug-likeness (QED) is 0.755. The Morgan fingerprint density at radius 1 is 1.21 bits per heavy atom. The van der Waals surface area contributed by atoms with Crippen molar-refractivity contribution in [3.63, 3.8) is 0 Å². The van der Waals surface area contributed by atoms with Gasteiger partial charge in [0.1, 0.15) is 17.4 Å². The molecule has 0 saturated carbocycles. The van der Waals surface area contributed by atoms with Gasteiger partial charge in [0.05, 0.1) is 5.56 Å². The number of benzene rings is 1. The van der Waals surface area contributed by atoms with Crippen molar-refractivity contribution in [2.75, 3.05) is 0 Å². The van der Waals surface area contributed by atoms with Crippen LogP contribution in [0.15, 0.2) is 16.9 Å². The molecule has 148 valence electrons. The van der Waals surface area contributed by atoms with Crippen LogP contribution < -0.4 is 10.3 Å². The number of Topliss-reactive ketones (excluding diaryl/α,β-unsaturated/α-hetero) is 1. The minimum absolute atomic E-state index is 0.0836. The maximum absolute atomic E-state index is 13.0. The number of aromatic nitrogens is 1. The zero-order chi connectivity index (χ0) is 21.3. The highest BCUT2D eigenvalue weighted by Crippen LogP contribution is 2.29. The van der Waals surface area contributed by atoms with E-state index in [1.807, 2.05) is 19.9 Å². The summed E-state index contributed by atoms with van der Waals surface area (Å²) >= 11 is 6.16. The molecule has 0 saturated heterocycles. The molecule has 1 unspecified atom stereocenters. The highest BCUT2D eigenvalue weighted by molar-refractivity contribution is 6.32. The maximum atomic E-state index is 13.0. The van der Waals surface area contributed by atoms with Gasteiger partial charge in [-0.25, -0.2) is 0 Å². The van der Waals surface area contributed by atoms with Crippen molar-refractivity contribution in [2.24, 2.45) is 0 Å². The Morgan fingerprint density at radius 2 is 1.75 bits per heavy atom. The lowest BCUT2D eigenvalue weighted by molar-refractivity contribution is 0.0812. The number of pyridine rings is 1. The SMILES string of the molecule is Cc1cc(OC(C)C(=O)c2c(C)c(C#N)c(=O)n(C(C)C)c2O)cc(C)c1Cl. The number of aryl methyl sites for hydroxylation is 2. The summed E-state index contributed by atoms with van der Waals surface area (Å²) < 4.78 is 6.82. The molecule has 7 heteroatoms. The topological polar surface area (TPSA) is 92.3 Å². The van der Waals surface area contributed by atoms with Gasteiger partial charge >= 0.3 is 0 Å². The molecule has 0 radical (unpaired) electrons. The van der Waals surface area contributed by atoms with Gasteiger partial charge in [-0.3, -0.25) is 14.2 Å². The van der Waals surface area contributed by atoms with E-state index in [0.29, 0.717) is 10.8 Å². The second kappa shape index (κ2) is 8.07. The number of aromatic hydroxyl groups is 1. The Kier molecular flexibility index (Phi) is 6.20. The number of ether oxygens (including phenoxy) is 1. The van der Waals surface area contributed by atoms with E-state index >= 15 is 0 Å². The van der Waals surface area contributed by atoms with Gasteiger partial charge < -0.3 is 9.84 Å². The Morgan fingerprint density at radius 3 is 2.21 bits per heavy atom. The molecule has 1 aromatic carbocycles. The molecule has 0 aliphatic rings. The molecule has 0 fully saturated rings. The number of hydrogen-bond acceptors (Lipinski definition) is 5. The van der Waals surface area contributed by atoms with Gasteiger partial charge in [-0.05, 0) is 70.4 Å². The molecule has 0 spiro atoms. The Bertz CT molecular complexity index is 1020. The first-order valence-electron chi connectivity index (χ1n) is 8.87. The monoisotopic (exact) mass is 402 g/mol. The molecule has 2 rings (SSSR count). The maximum Gasteiger partial charge on any atom is 0.271 e. The van der Waals surface area contributed by atoms with Crippen LogP contribution in [0, 0.1) is 32.1 Å². The highest BCUT2D eigenvalue weighted by atomic mass is 35.5. The van der Waals surface area contributed by atoms with Crippen LogP contribution in [0.3, 0.4) is 0 Å². The van der Waals surface area contributed by atoms with Crippen molar-refractivity contribution < 1.29 is 14.6 Å². The molecule has 2 aromatic rings. The fourth-order valence-electron chi connectivity index (χ4n) is 3.13. The number of ketones is 1. The van der Waals surface area contributed by atoms with Crippen molar-refractivity contribution >= 4 is 17.4 Å². The number of hydrogen-bond donors (Lipinski definition) is 1. The number of halogens is 1. The molecule has 1 atom stereocenters. The zero-order valence-electron chi connectivity index (χ0n) is 16.8. The number of nitrogens with zero attached hydrogens (tertiary/aromatic N) is 2. The van der Waals surface area contributed by atoms with E-state index < -0.39 is 29.4 Å². The molecule has 28 heavy (non-hydrogen) atoms. The summed E-state index contributed by atoms with van der Waals surface area (Å²) in [5.74, 6) is -0.512. The van der Waals surface area contributed by atoms with Gasteiger partial charge in [0.2, 0.25) is 11.7 Å². The van der Waals surface area contributed by atoms with Crippen LogP contribution in [0.25, 0.3) is 0 Å². The third kappa shape index (κ3) is 3.76. The number of nitriles is 1. The predicted octanol–water partition coefficient (Wildman–Crippen LogP) is 4.24. The van der Waals surface area contributed by atoms with Crippen LogP contribution in [0.1, 0.15) is 59.4 Å². The summed E-state index contributed by atoms with van der Waals surface area (Å²) in [6.45, 7) is 10.1. The first-order chi connectivity index (χ1) is 13.0. The van der Waals surface area contributed by atoms with Crippen LogP contribution in [0.5, 0.6) is 11.6 Å². The normalized spacial score (nSPS) is 12.0. The van der Waals surface area contributed by atoms with Crippen LogP contribution in [-0.4, -0.2) is 21.6 Å². The molecule has 1 aromatic heterocycles. The average Bonchev–Trinajstić information content (AvgIpc) is 2.59. The van der Waals surface area contributed by atoms with Crippen molar-refractivity contribution in [3.05, 3.63) is 55.3 Å². The minimum atomic E-state index is -0.950. The van der Waals surface area contributed by atoms with Crippen LogP contribution in [-0.2, 0) is 0 Å². The number of carbonyl (C=O) groups excluding carboxylic acids is 1. The van der Waals surface area contributed by atoms with Crippen molar-refractivity contribution in [1.29, 1.82) is 5.26 Å². The van der Waals surface area contributed by atoms with Gasteiger partial charge in [-0.15, -0.1) is 0 Å². The van der Waals surface area contributed by atoms with Crippen molar-refractivity contribution in [3.8, 4) is 17.7 Å². The highest BCUT2D eigenvalue weighted by Gasteiger charge is 2.29. The van der Waals surface area contributed by atoms with E-state index in [-0.39, 0.29) is 16.7 Å². The first kappa shape index (κ1) is 21.5. The molecule has 1 heterocycles. The van der Waals surface area contributed by atoms with E-state index in [2.05, 4.69) is 0 Å². The van der Waals surface area contributed by atoms with Gasteiger partial charge in [0, 0.05) is 11.1 Å². The summed E-state index contributed by atoms with van der Waals surface area (Å²) in [5, 5.41) is 20.6. The zero-order valence-corrected chi connectivity index (χ0v) is 17.5. The largest absolute Gasteiger partial charge is 0.494 e. The molecule has 1 N–H and O–H groups in total. The molecule has 6 nitrogen and oxygen atoms in total. The summed E-state index contributed by atoms with van der Waals surface area (Å²) in [6, 6.07) is 4.86. The Balaban J connectivity index is 2.53. The third-order valence-electron chi connectivity index (χ3n) is 4.60. The van der Waals surface area contributed by atoms with Crippen molar-refractivity contribution in [2.45, 2.75) is 53.7 Å². The molecule has 0 bridgehead atoms. The van der Waals surface area contributed by atoms with Crippen LogP contribution in [0.4, 0.5) is 0 Å². The van der Waals surface area contributed by atoms with Gasteiger partial charge in [0.15, 0.2) is 6.10 Å². The van der Waals surface area contributed by atoms with E-state index in [9.17, 15) is 20.0 Å². The second-order valence-corrected chi connectivity index (χ2v) is 7.45. The van der Waals surface area contributed by atoms with E-state index in [1.54, 1.807) is 32.9 Å². The Labute approximate surface area is 168 Å². The standard InChI is InChI=1S/C21H23ClN2O4/c1-10(2)24-20(26)16(9-23)13(5)17(21(24)27)19(25)14(6)28-15-7-11(3)18(22)12(4)8-15/h7-8,10,14,27H,1-6H3. The summed E-state index contributed by atoms with van der Waals surface area (Å²) in [7, 11) is 0. The molecule has 0 amide bonds. The van der Waals surface area contributed by atoms with Crippen LogP contribution >= 0.6 is 11.6 Å². The molecular weight excluding hydrogens is 380 g/mol. The number of carbonyl (C=O) groups is 1. The lowest BCUT2D eigenvalue weighted by atomic mass is 9.98. The van der Waals surface area contributed by atoms with Crippen molar-refractivity contribution in [1.82, 2.24) is 4.57 Å². The fourth-order valence-corrected chi connectivity index (χ4v) is 3.24. The van der Waals surface area contributed by atoms with Gasteiger partial charge in [-0.1, -0.05) is 11.6 Å². The lowest BCUT2D eigenvalue weighted by Gasteiger charge is -2.21. The van der Waals surface area contributed by atoms with Crippen LogP contribution in [0.2, 0.25) is 5.02 Å². The molecular formula is C21H23ClN2O4. The van der Waals surface area contributed by atoms with E-state index in [1.165, 1.54) is 6.92 Å². The van der Waals surface area contributed by atoms with E-state index in [0.717, 1.165) is 15.7 Å². The summed E-state index contributed by atoms with van der Waals surface area (Å²) in [5.41, 5.74) is 0.901. The Hall–Kier alpha value is -2.78. The van der Waals surface area contributed by atoms with Gasteiger partial charge in [-0.2, -0.15) is 5.26 Å². The minimum Gasteiger partial charge on any atom is -0.494 e. The summed E-state index contributed by atoms with van der Waals surface area (Å²) in [6.07, 6.45) is -0.950. The average molecular weight is 403 g/mol. The summed E-state index contributed by atoms with van der Waals surface area (Å²) in [4.78, 5) is 25.5. The second-order valence-electron chi connectivity index (χ2n) is 7.07. The number of rotatable bonds is 5. The first-order valence-corrected chi connectivity index (χ1v) is 9.24. The van der Waals surface area contributed by atoms with Gasteiger partial charge in [0.25, 0.3) is 5.56 Å². The third-order valence-corrected chi connectivity index (χ3v) is 5.20. The van der Waals surface area contributed by atoms with E-state index in [4.69, 9.17) is 16.3 Å². The predicted molar refractivity (Wildman–Crippen MR) is 108 cm³/mol.